The normalized spacial score (nSPS) is 14.1. The highest BCUT2D eigenvalue weighted by atomic mass is 32.1. The van der Waals surface area contributed by atoms with E-state index in [2.05, 4.69) is 9.73 Å². The quantitative estimate of drug-likeness (QED) is 0.191. The Morgan fingerprint density at radius 2 is 1.71 bits per heavy atom. The summed E-state index contributed by atoms with van der Waals surface area (Å²) in [6.45, 7) is 5.65. The zero-order valence-electron chi connectivity index (χ0n) is 27.3. The van der Waals surface area contributed by atoms with Crippen molar-refractivity contribution in [1.29, 1.82) is 0 Å². The van der Waals surface area contributed by atoms with Crippen molar-refractivity contribution in [1.82, 2.24) is 4.57 Å². The molecule has 0 fully saturated rings. The predicted molar refractivity (Wildman–Crippen MR) is 179 cm³/mol. The Hall–Kier alpha value is -5.36. The average molecular weight is 673 g/mol. The number of ether oxygens (including phenoxy) is 6. The number of esters is 2. The maximum atomic E-state index is 14.3. The Balaban J connectivity index is 1.64. The van der Waals surface area contributed by atoms with Crippen LogP contribution in [0.5, 0.6) is 23.0 Å². The van der Waals surface area contributed by atoms with Crippen molar-refractivity contribution in [2.75, 3.05) is 34.0 Å². The maximum Gasteiger partial charge on any atom is 0.343 e. The third kappa shape index (κ3) is 7.28. The highest BCUT2D eigenvalue weighted by molar-refractivity contribution is 7.07. The van der Waals surface area contributed by atoms with Gasteiger partial charge in [-0.3, -0.25) is 9.36 Å². The highest BCUT2D eigenvalue weighted by Gasteiger charge is 2.34. The van der Waals surface area contributed by atoms with Gasteiger partial charge >= 0.3 is 11.9 Å². The van der Waals surface area contributed by atoms with E-state index >= 15 is 0 Å². The second-order valence-corrected chi connectivity index (χ2v) is 11.5. The molecule has 3 aromatic carbocycles. The van der Waals surface area contributed by atoms with Gasteiger partial charge in [0, 0.05) is 5.56 Å². The van der Waals surface area contributed by atoms with Crippen LogP contribution in [0.1, 0.15) is 43.5 Å². The van der Waals surface area contributed by atoms with Crippen LogP contribution >= 0.6 is 11.3 Å². The molecule has 0 unspecified atom stereocenters. The van der Waals surface area contributed by atoms with Crippen LogP contribution in [0.15, 0.2) is 87.8 Å². The van der Waals surface area contributed by atoms with Crippen LogP contribution < -0.4 is 33.8 Å². The number of allylic oxidation sites excluding steroid dienone is 1. The van der Waals surface area contributed by atoms with Crippen molar-refractivity contribution >= 4 is 29.4 Å². The first-order valence-corrected chi connectivity index (χ1v) is 16.1. The fraction of sp³-hybridized carbons (Fsp3) is 0.278. The summed E-state index contributed by atoms with van der Waals surface area (Å²) < 4.78 is 35.3. The van der Waals surface area contributed by atoms with E-state index in [0.29, 0.717) is 62.4 Å². The molecule has 5 rings (SSSR count). The smallest absolute Gasteiger partial charge is 0.343 e. The molecule has 0 saturated carbocycles. The number of para-hydroxylation sites is 1. The monoisotopic (exact) mass is 672 g/mol. The summed E-state index contributed by atoms with van der Waals surface area (Å²) in [6.07, 6.45) is 1.74. The third-order valence-electron chi connectivity index (χ3n) is 7.42. The largest absolute Gasteiger partial charge is 0.493 e. The maximum absolute atomic E-state index is 14.3. The van der Waals surface area contributed by atoms with Crippen LogP contribution in [0.4, 0.5) is 0 Å². The fourth-order valence-corrected chi connectivity index (χ4v) is 6.25. The molecule has 1 aliphatic heterocycles. The van der Waals surface area contributed by atoms with Gasteiger partial charge in [0.05, 0.1) is 49.3 Å². The number of carbonyl (C=O) groups excluding carboxylic acids is 2. The number of carbonyl (C=O) groups is 2. The minimum atomic E-state index is -0.893. The molecule has 11 nitrogen and oxygen atoms in total. The second-order valence-electron chi connectivity index (χ2n) is 10.5. The first-order valence-electron chi connectivity index (χ1n) is 15.3. The predicted octanol–water partition coefficient (Wildman–Crippen LogP) is 4.34. The number of methoxy groups -OCH3 is 2. The van der Waals surface area contributed by atoms with Crippen molar-refractivity contribution in [3.8, 4) is 23.0 Å². The summed E-state index contributed by atoms with van der Waals surface area (Å²) in [7, 11) is 2.83. The molecule has 4 aromatic rings. The molecule has 0 amide bonds. The topological polar surface area (TPSA) is 124 Å². The lowest BCUT2D eigenvalue weighted by Crippen LogP contribution is -2.40. The van der Waals surface area contributed by atoms with Gasteiger partial charge in [0.2, 0.25) is 0 Å². The summed E-state index contributed by atoms with van der Waals surface area (Å²) >= 11 is 1.19. The van der Waals surface area contributed by atoms with Crippen LogP contribution in [0.3, 0.4) is 0 Å². The molecule has 1 aromatic heterocycles. The van der Waals surface area contributed by atoms with E-state index in [1.165, 1.54) is 23.0 Å². The van der Waals surface area contributed by atoms with E-state index in [1.807, 2.05) is 49.4 Å². The van der Waals surface area contributed by atoms with E-state index in [0.717, 1.165) is 5.56 Å². The van der Waals surface area contributed by atoms with Crippen LogP contribution in [0.25, 0.3) is 6.08 Å². The van der Waals surface area contributed by atoms with E-state index in [4.69, 9.17) is 23.7 Å². The molecule has 12 heteroatoms. The lowest BCUT2D eigenvalue weighted by molar-refractivity contribution is -0.143. The summed E-state index contributed by atoms with van der Waals surface area (Å²) in [5.74, 6) is 0.489. The van der Waals surface area contributed by atoms with Crippen LogP contribution in [-0.4, -0.2) is 50.5 Å². The Morgan fingerprint density at radius 1 is 0.917 bits per heavy atom. The molecule has 1 aliphatic rings. The van der Waals surface area contributed by atoms with Gasteiger partial charge in [0.15, 0.2) is 34.4 Å². The van der Waals surface area contributed by atoms with E-state index < -0.39 is 18.0 Å². The van der Waals surface area contributed by atoms with Gasteiger partial charge in [-0.25, -0.2) is 14.6 Å². The number of aromatic nitrogens is 1. The Bertz CT molecular complexity index is 2010. The summed E-state index contributed by atoms with van der Waals surface area (Å²) in [5.41, 5.74) is 2.45. The molecular weight excluding hydrogens is 636 g/mol. The minimum Gasteiger partial charge on any atom is -0.493 e. The molecular formula is C36H36N2O9S. The van der Waals surface area contributed by atoms with Gasteiger partial charge in [-0.05, 0) is 56.2 Å². The SMILES string of the molecule is CCOC(=O)C1=C(C)N=c2s/c(=C/c3cccc(OC)c3OCc3ccccc3)c(=O)n2[C@@H]1c1ccc(OCC(=O)OC)c(OCC)c1. The Morgan fingerprint density at radius 3 is 2.42 bits per heavy atom. The number of rotatable bonds is 13. The molecule has 1 atom stereocenters. The molecule has 0 radical (unpaired) electrons. The summed E-state index contributed by atoms with van der Waals surface area (Å²) in [4.78, 5) is 44.5. The number of fused-ring (bicyclic) bond motifs is 1. The molecule has 0 saturated heterocycles. The van der Waals surface area contributed by atoms with Gasteiger partial charge in [0.25, 0.3) is 5.56 Å². The number of benzene rings is 3. The number of hydrogen-bond acceptors (Lipinski definition) is 11. The first-order chi connectivity index (χ1) is 23.3. The number of thiazole rings is 1. The number of hydrogen-bond donors (Lipinski definition) is 0. The average Bonchev–Trinajstić information content (AvgIpc) is 3.40. The van der Waals surface area contributed by atoms with Crippen molar-refractivity contribution in [3.63, 3.8) is 0 Å². The molecule has 2 heterocycles. The molecule has 0 aliphatic carbocycles. The van der Waals surface area contributed by atoms with Gasteiger partial charge in [-0.2, -0.15) is 0 Å². The van der Waals surface area contributed by atoms with E-state index in [-0.39, 0.29) is 24.3 Å². The Labute approximate surface area is 281 Å². The zero-order valence-corrected chi connectivity index (χ0v) is 28.1. The van der Waals surface area contributed by atoms with Crippen LogP contribution in [0, 0.1) is 0 Å². The summed E-state index contributed by atoms with van der Waals surface area (Å²) in [6, 6.07) is 19.3. The lowest BCUT2D eigenvalue weighted by Gasteiger charge is -2.25. The van der Waals surface area contributed by atoms with Gasteiger partial charge < -0.3 is 28.4 Å². The Kier molecular flexibility index (Phi) is 11.0. The zero-order chi connectivity index (χ0) is 34.2. The molecule has 0 N–H and O–H groups in total. The second kappa shape index (κ2) is 15.5. The fourth-order valence-electron chi connectivity index (χ4n) is 5.22. The molecule has 0 spiro atoms. The van der Waals surface area contributed by atoms with Gasteiger partial charge in [-0.15, -0.1) is 0 Å². The van der Waals surface area contributed by atoms with Crippen LogP contribution in [0.2, 0.25) is 0 Å². The van der Waals surface area contributed by atoms with Crippen LogP contribution in [-0.2, 0) is 25.7 Å². The van der Waals surface area contributed by atoms with Crippen molar-refractivity contribution < 1.29 is 38.0 Å². The van der Waals surface area contributed by atoms with E-state index in [9.17, 15) is 14.4 Å². The third-order valence-corrected chi connectivity index (χ3v) is 8.40. The van der Waals surface area contributed by atoms with Crippen molar-refractivity contribution in [3.05, 3.63) is 114 Å². The molecule has 0 bridgehead atoms. The van der Waals surface area contributed by atoms with Crippen molar-refractivity contribution in [2.24, 2.45) is 4.99 Å². The summed E-state index contributed by atoms with van der Waals surface area (Å²) in [5, 5.41) is 0. The standard InChI is InChI=1S/C36H36N2O9S/c1-6-44-28-18-24(16-17-26(28)46-21-30(39)43-5)32-31(35(41)45-7-2)22(3)37-36-38(32)34(40)29(48-36)19-25-14-11-15-27(42-4)33(25)47-20-23-12-9-8-10-13-23/h8-19,32H,6-7,20-21H2,1-5H3/b29-19+/t32-/m1/s1. The number of nitrogens with zero attached hydrogens (tertiary/aromatic N) is 2. The van der Waals surface area contributed by atoms with Gasteiger partial charge in [-0.1, -0.05) is 59.9 Å². The van der Waals surface area contributed by atoms with E-state index in [1.54, 1.807) is 51.3 Å². The first kappa shape index (κ1) is 34.0. The molecule has 250 valence electrons. The minimum absolute atomic E-state index is 0.138. The van der Waals surface area contributed by atoms with Gasteiger partial charge in [0.1, 0.15) is 6.61 Å². The lowest BCUT2D eigenvalue weighted by atomic mass is 9.95. The van der Waals surface area contributed by atoms with Crippen molar-refractivity contribution in [2.45, 2.75) is 33.4 Å². The highest BCUT2D eigenvalue weighted by Crippen LogP contribution is 2.37. The molecule has 48 heavy (non-hydrogen) atoms.